The van der Waals surface area contributed by atoms with Crippen molar-refractivity contribution in [2.45, 2.75) is 35.4 Å². The molecule has 0 spiro atoms. The van der Waals surface area contributed by atoms with Gasteiger partial charge in [0.2, 0.25) is 0 Å². The SMILES string of the molecule is [NH]C1CCCC1Sc1ccccc1. The third-order valence-corrected chi connectivity index (χ3v) is 3.89. The first kappa shape index (κ1) is 9.10. The Morgan fingerprint density at radius 1 is 1.15 bits per heavy atom. The Hall–Kier alpha value is -0.470. The van der Waals surface area contributed by atoms with Crippen LogP contribution in [0.5, 0.6) is 0 Å². The third-order valence-electron chi connectivity index (χ3n) is 2.48. The van der Waals surface area contributed by atoms with E-state index >= 15 is 0 Å². The summed E-state index contributed by atoms with van der Waals surface area (Å²) in [6.07, 6.45) is 3.54. The lowest BCUT2D eigenvalue weighted by Crippen LogP contribution is -2.16. The van der Waals surface area contributed by atoms with Crippen LogP contribution in [0.25, 0.3) is 0 Å². The van der Waals surface area contributed by atoms with Crippen LogP contribution >= 0.6 is 11.8 Å². The molecule has 0 aliphatic heterocycles. The minimum absolute atomic E-state index is 0.158. The van der Waals surface area contributed by atoms with Crippen LogP contribution in [0.15, 0.2) is 35.2 Å². The number of hydrogen-bond donors (Lipinski definition) is 0. The molecule has 1 aliphatic carbocycles. The fourth-order valence-electron chi connectivity index (χ4n) is 1.74. The maximum Gasteiger partial charge on any atom is 0.0335 e. The van der Waals surface area contributed by atoms with Crippen LogP contribution in [0.4, 0.5) is 0 Å². The molecule has 1 N–H and O–H groups in total. The molecule has 1 saturated carbocycles. The fourth-order valence-corrected chi connectivity index (χ4v) is 2.99. The maximum atomic E-state index is 7.82. The predicted octanol–water partition coefficient (Wildman–Crippen LogP) is 2.98. The number of nitrogens with one attached hydrogen (secondary N) is 1. The van der Waals surface area contributed by atoms with Gasteiger partial charge in [0.05, 0.1) is 0 Å². The zero-order valence-electron chi connectivity index (χ0n) is 7.57. The molecule has 0 bridgehead atoms. The van der Waals surface area contributed by atoms with Crippen molar-refractivity contribution in [1.82, 2.24) is 5.73 Å². The Bertz CT molecular complexity index is 260. The van der Waals surface area contributed by atoms with Gasteiger partial charge in [-0.05, 0) is 25.0 Å². The molecule has 0 heterocycles. The van der Waals surface area contributed by atoms with Gasteiger partial charge in [0.1, 0.15) is 0 Å². The van der Waals surface area contributed by atoms with E-state index in [1.54, 1.807) is 0 Å². The van der Waals surface area contributed by atoms with Gasteiger partial charge in [0.25, 0.3) is 0 Å². The lowest BCUT2D eigenvalue weighted by molar-refractivity contribution is 0.693. The summed E-state index contributed by atoms with van der Waals surface area (Å²) in [4.78, 5) is 1.31. The van der Waals surface area contributed by atoms with E-state index in [1.807, 2.05) is 17.8 Å². The first-order valence-electron chi connectivity index (χ1n) is 4.79. The molecule has 0 amide bonds. The molecule has 2 heteroatoms. The van der Waals surface area contributed by atoms with Crippen LogP contribution in [0.3, 0.4) is 0 Å². The topological polar surface area (TPSA) is 23.8 Å². The molecule has 2 rings (SSSR count). The van der Waals surface area contributed by atoms with Crippen LogP contribution in [-0.2, 0) is 0 Å². The predicted molar refractivity (Wildman–Crippen MR) is 56.8 cm³/mol. The highest BCUT2D eigenvalue weighted by atomic mass is 32.2. The van der Waals surface area contributed by atoms with Gasteiger partial charge in [-0.2, -0.15) is 0 Å². The van der Waals surface area contributed by atoms with E-state index in [0.717, 1.165) is 6.42 Å². The molecule has 69 valence electrons. The normalized spacial score (nSPS) is 27.8. The lowest BCUT2D eigenvalue weighted by atomic mass is 10.3. The van der Waals surface area contributed by atoms with Crippen molar-refractivity contribution < 1.29 is 0 Å². The van der Waals surface area contributed by atoms with E-state index in [4.69, 9.17) is 5.73 Å². The molecule has 1 fully saturated rings. The molecule has 2 atom stereocenters. The largest absolute Gasteiger partial charge is 0.253 e. The monoisotopic (exact) mass is 192 g/mol. The standard InChI is InChI=1S/C11H14NS/c12-10-7-4-8-11(10)13-9-5-2-1-3-6-9/h1-3,5-6,10-12H,4,7-8H2. The molecule has 1 radical (unpaired) electrons. The second kappa shape index (κ2) is 4.16. The highest BCUT2D eigenvalue weighted by molar-refractivity contribution is 8.00. The van der Waals surface area contributed by atoms with Gasteiger partial charge >= 0.3 is 0 Å². The van der Waals surface area contributed by atoms with Crippen LogP contribution < -0.4 is 5.73 Å². The highest BCUT2D eigenvalue weighted by Gasteiger charge is 2.24. The highest BCUT2D eigenvalue weighted by Crippen LogP contribution is 2.34. The molecule has 0 aromatic heterocycles. The van der Waals surface area contributed by atoms with Gasteiger partial charge < -0.3 is 0 Å². The van der Waals surface area contributed by atoms with Crippen LogP contribution in [-0.4, -0.2) is 11.3 Å². The molecule has 1 aromatic rings. The summed E-state index contributed by atoms with van der Waals surface area (Å²) in [5.41, 5.74) is 7.82. The van der Waals surface area contributed by atoms with E-state index < -0.39 is 0 Å². The summed E-state index contributed by atoms with van der Waals surface area (Å²) in [7, 11) is 0. The summed E-state index contributed by atoms with van der Waals surface area (Å²) in [6.45, 7) is 0. The van der Waals surface area contributed by atoms with Gasteiger partial charge in [-0.1, -0.05) is 24.6 Å². The van der Waals surface area contributed by atoms with Gasteiger partial charge in [-0.25, -0.2) is 0 Å². The Labute approximate surface area is 83.7 Å². The van der Waals surface area contributed by atoms with E-state index in [1.165, 1.54) is 17.7 Å². The fraction of sp³-hybridized carbons (Fsp3) is 0.455. The van der Waals surface area contributed by atoms with Crippen molar-refractivity contribution in [2.24, 2.45) is 0 Å². The minimum atomic E-state index is 0.158. The van der Waals surface area contributed by atoms with E-state index in [-0.39, 0.29) is 6.04 Å². The van der Waals surface area contributed by atoms with Crippen molar-refractivity contribution in [3.63, 3.8) is 0 Å². The van der Waals surface area contributed by atoms with Crippen molar-refractivity contribution in [2.75, 3.05) is 0 Å². The van der Waals surface area contributed by atoms with Gasteiger partial charge in [0.15, 0.2) is 0 Å². The van der Waals surface area contributed by atoms with Crippen LogP contribution in [0, 0.1) is 0 Å². The maximum absolute atomic E-state index is 7.82. The molecule has 2 unspecified atom stereocenters. The molecular weight excluding hydrogens is 178 g/mol. The van der Waals surface area contributed by atoms with E-state index in [9.17, 15) is 0 Å². The number of benzene rings is 1. The Morgan fingerprint density at radius 3 is 2.54 bits per heavy atom. The van der Waals surface area contributed by atoms with E-state index in [0.29, 0.717) is 5.25 Å². The molecule has 0 saturated heterocycles. The molecule has 1 aromatic carbocycles. The van der Waals surface area contributed by atoms with Crippen LogP contribution in [0.1, 0.15) is 19.3 Å². The average Bonchev–Trinajstić information content (AvgIpc) is 2.54. The lowest BCUT2D eigenvalue weighted by Gasteiger charge is -2.13. The van der Waals surface area contributed by atoms with Gasteiger partial charge in [-0.3, -0.25) is 5.73 Å². The van der Waals surface area contributed by atoms with Gasteiger partial charge in [0, 0.05) is 16.2 Å². The number of hydrogen-bond acceptors (Lipinski definition) is 1. The second-order valence-corrected chi connectivity index (χ2v) is 4.82. The Kier molecular flexibility index (Phi) is 2.91. The minimum Gasteiger partial charge on any atom is -0.253 e. The van der Waals surface area contributed by atoms with Crippen molar-refractivity contribution in [1.29, 1.82) is 0 Å². The van der Waals surface area contributed by atoms with Crippen molar-refractivity contribution in [3.05, 3.63) is 30.3 Å². The zero-order valence-corrected chi connectivity index (χ0v) is 8.39. The molecule has 1 nitrogen and oxygen atoms in total. The third kappa shape index (κ3) is 2.26. The Balaban J connectivity index is 1.98. The number of rotatable bonds is 2. The molecule has 1 aliphatic rings. The first-order valence-corrected chi connectivity index (χ1v) is 5.67. The molecule has 13 heavy (non-hydrogen) atoms. The smallest absolute Gasteiger partial charge is 0.0335 e. The summed E-state index contributed by atoms with van der Waals surface area (Å²) in [6, 6.07) is 10.6. The van der Waals surface area contributed by atoms with Gasteiger partial charge in [-0.15, -0.1) is 11.8 Å². The first-order chi connectivity index (χ1) is 6.36. The van der Waals surface area contributed by atoms with E-state index in [2.05, 4.69) is 24.3 Å². The molecular formula is C11H14NS. The van der Waals surface area contributed by atoms with Crippen molar-refractivity contribution in [3.8, 4) is 0 Å². The Morgan fingerprint density at radius 2 is 1.92 bits per heavy atom. The quantitative estimate of drug-likeness (QED) is 0.706. The number of thioether (sulfide) groups is 1. The summed E-state index contributed by atoms with van der Waals surface area (Å²) in [5.74, 6) is 0. The van der Waals surface area contributed by atoms with Crippen LogP contribution in [0.2, 0.25) is 0 Å². The average molecular weight is 192 g/mol. The summed E-state index contributed by atoms with van der Waals surface area (Å²) >= 11 is 1.87. The second-order valence-electron chi connectivity index (χ2n) is 3.51. The summed E-state index contributed by atoms with van der Waals surface area (Å²) in [5, 5.41) is 0.530. The summed E-state index contributed by atoms with van der Waals surface area (Å²) < 4.78 is 0. The zero-order chi connectivity index (χ0) is 9.10. The van der Waals surface area contributed by atoms with Crippen molar-refractivity contribution >= 4 is 11.8 Å².